The summed E-state index contributed by atoms with van der Waals surface area (Å²) in [6, 6.07) is 11.2. The highest BCUT2D eigenvalue weighted by Crippen LogP contribution is 2.37. The lowest BCUT2D eigenvalue weighted by Gasteiger charge is -2.39. The number of fused-ring (bicyclic) bond motifs is 1. The van der Waals surface area contributed by atoms with Crippen LogP contribution in [0.1, 0.15) is 40.9 Å². The second kappa shape index (κ2) is 13.6. The Kier molecular flexibility index (Phi) is 9.33. The van der Waals surface area contributed by atoms with E-state index in [1.165, 1.54) is 30.6 Å². The number of hydrogen-bond donors (Lipinski definition) is 3. The number of aliphatic hydroxyl groups is 1. The van der Waals surface area contributed by atoms with Crippen molar-refractivity contribution in [3.63, 3.8) is 0 Å². The van der Waals surface area contributed by atoms with Crippen LogP contribution in [0.25, 0.3) is 22.4 Å². The van der Waals surface area contributed by atoms with Gasteiger partial charge in [0, 0.05) is 79.8 Å². The number of aromatic nitrogens is 3. The van der Waals surface area contributed by atoms with E-state index < -0.39 is 17.2 Å². The van der Waals surface area contributed by atoms with Crippen molar-refractivity contribution in [2.75, 3.05) is 32.7 Å². The number of benzene rings is 2. The van der Waals surface area contributed by atoms with Crippen LogP contribution < -0.4 is 11.1 Å². The number of carbonyl (C=O) groups excluding carboxylic acids is 1. The number of nitrogens with one attached hydrogen (secondary N) is 1. The normalized spacial score (nSPS) is 17.0. The number of amides is 1. The number of hydrogen-bond acceptors (Lipinski definition) is 7. The molecular weight excluding hydrogens is 607 g/mol. The second-order valence-corrected chi connectivity index (χ2v) is 12.4. The van der Waals surface area contributed by atoms with Gasteiger partial charge < -0.3 is 26.0 Å². The zero-order chi connectivity index (χ0) is 33.1. The summed E-state index contributed by atoms with van der Waals surface area (Å²) in [6.45, 7) is 2.55. The highest BCUT2D eigenvalue weighted by Gasteiger charge is 2.36. The van der Waals surface area contributed by atoms with Crippen LogP contribution in [0.15, 0.2) is 73.3 Å². The molecule has 47 heavy (non-hydrogen) atoms. The minimum Gasteiger partial charge on any atom is -0.403 e. The van der Waals surface area contributed by atoms with Gasteiger partial charge in [0.2, 0.25) is 0 Å². The third-order valence-electron chi connectivity index (χ3n) is 9.15. The fraction of sp³-hybridized carbons (Fsp3) is 0.343. The van der Waals surface area contributed by atoms with Crippen molar-refractivity contribution in [3.8, 4) is 22.4 Å². The van der Waals surface area contributed by atoms with Crippen LogP contribution in [0.4, 0.5) is 13.2 Å². The van der Waals surface area contributed by atoms with E-state index in [0.29, 0.717) is 43.4 Å². The van der Waals surface area contributed by atoms with Crippen molar-refractivity contribution < 1.29 is 23.1 Å². The number of rotatable bonds is 11. The molecule has 1 unspecified atom stereocenters. The molecule has 2 aromatic carbocycles. The molecule has 1 saturated heterocycles. The largest absolute Gasteiger partial charge is 0.403 e. The maximum Gasteiger partial charge on any atom is 0.256 e. The van der Waals surface area contributed by atoms with Gasteiger partial charge in [-0.2, -0.15) is 5.10 Å². The van der Waals surface area contributed by atoms with E-state index in [-0.39, 0.29) is 30.4 Å². The summed E-state index contributed by atoms with van der Waals surface area (Å²) in [5.41, 5.74) is 8.10. The molecule has 12 heteroatoms. The molecule has 2 aliphatic rings. The van der Waals surface area contributed by atoms with Crippen molar-refractivity contribution in [2.45, 2.75) is 31.4 Å². The van der Waals surface area contributed by atoms with E-state index in [1.807, 2.05) is 24.2 Å². The molecule has 0 radical (unpaired) electrons. The quantitative estimate of drug-likeness (QED) is 0.220. The number of pyridine rings is 1. The summed E-state index contributed by atoms with van der Waals surface area (Å²) in [5.74, 6) is -1.54. The molecule has 1 amide bonds. The van der Waals surface area contributed by atoms with E-state index in [4.69, 9.17) is 5.73 Å². The predicted molar refractivity (Wildman–Crippen MR) is 172 cm³/mol. The van der Waals surface area contributed by atoms with E-state index >= 15 is 0 Å². The average Bonchev–Trinajstić information content (AvgIpc) is 3.60. The Labute approximate surface area is 271 Å². The molecular formula is C35H38F3N7O2. The van der Waals surface area contributed by atoms with E-state index in [0.717, 1.165) is 53.8 Å². The molecule has 4 heterocycles. The molecule has 2 aromatic heterocycles. The Bertz CT molecular complexity index is 1770. The minimum absolute atomic E-state index is 0.00126. The standard InChI is InChI=1S/C35H38F3N7O2/c1-43-19-28(33(42-43)24-2-4-25(36)5-3-24)27-8-13-41-31-20-45(34(46)32(27)31)17-11-23-9-15-44(16-10-23)22-35(47,21-40-14-12-39)29-7-6-26(37)18-30(29)38/h2-8,12-14,18-19,23,40,47H,9-11,15-17,20-22,39H2,1H3/b14-12-. The maximum atomic E-state index is 14.7. The monoisotopic (exact) mass is 645 g/mol. The van der Waals surface area contributed by atoms with Crippen LogP contribution in [0.3, 0.4) is 0 Å². The molecule has 9 nitrogen and oxygen atoms in total. The number of nitrogens with zero attached hydrogens (tertiary/aromatic N) is 5. The molecule has 0 aliphatic carbocycles. The van der Waals surface area contributed by atoms with Crippen molar-refractivity contribution in [2.24, 2.45) is 18.7 Å². The van der Waals surface area contributed by atoms with Crippen molar-refractivity contribution in [1.29, 1.82) is 0 Å². The Balaban J connectivity index is 1.09. The van der Waals surface area contributed by atoms with Crippen molar-refractivity contribution >= 4 is 5.91 Å². The molecule has 6 rings (SSSR count). The topological polar surface area (TPSA) is 113 Å². The van der Waals surface area contributed by atoms with Crippen LogP contribution in [-0.4, -0.2) is 68.3 Å². The van der Waals surface area contributed by atoms with E-state index in [9.17, 15) is 23.1 Å². The number of carbonyl (C=O) groups is 1. The molecule has 2 aliphatic heterocycles. The number of nitrogens with two attached hydrogens (primary N) is 1. The van der Waals surface area contributed by atoms with Crippen LogP contribution in [0.2, 0.25) is 0 Å². The fourth-order valence-corrected chi connectivity index (χ4v) is 6.73. The van der Waals surface area contributed by atoms with Crippen LogP contribution >= 0.6 is 0 Å². The molecule has 0 bridgehead atoms. The molecule has 0 saturated carbocycles. The lowest BCUT2D eigenvalue weighted by atomic mass is 9.89. The smallest absolute Gasteiger partial charge is 0.256 e. The van der Waals surface area contributed by atoms with Gasteiger partial charge in [-0.25, -0.2) is 13.2 Å². The Hall–Kier alpha value is -4.68. The van der Waals surface area contributed by atoms with Gasteiger partial charge in [-0.15, -0.1) is 0 Å². The first-order valence-corrected chi connectivity index (χ1v) is 15.7. The first-order chi connectivity index (χ1) is 22.6. The predicted octanol–water partition coefficient (Wildman–Crippen LogP) is 4.53. The highest BCUT2D eigenvalue weighted by molar-refractivity contribution is 6.05. The first kappa shape index (κ1) is 32.3. The van der Waals surface area contributed by atoms with Crippen molar-refractivity contribution in [3.05, 3.63) is 108 Å². The van der Waals surface area contributed by atoms with Crippen LogP contribution in [0, 0.1) is 23.4 Å². The second-order valence-electron chi connectivity index (χ2n) is 12.4. The molecule has 4 aromatic rings. The highest BCUT2D eigenvalue weighted by atomic mass is 19.1. The zero-order valence-electron chi connectivity index (χ0n) is 26.2. The van der Waals surface area contributed by atoms with Crippen LogP contribution in [-0.2, 0) is 19.2 Å². The maximum absolute atomic E-state index is 14.7. The fourth-order valence-electron chi connectivity index (χ4n) is 6.73. The summed E-state index contributed by atoms with van der Waals surface area (Å²) in [6.07, 6.45) is 8.86. The lowest BCUT2D eigenvalue weighted by molar-refractivity contribution is -0.0101. The van der Waals surface area contributed by atoms with Gasteiger partial charge in [0.15, 0.2) is 0 Å². The number of aryl methyl sites for hydroxylation is 1. The first-order valence-electron chi connectivity index (χ1n) is 15.7. The zero-order valence-corrected chi connectivity index (χ0v) is 26.2. The number of halogens is 3. The Morgan fingerprint density at radius 2 is 1.81 bits per heavy atom. The van der Waals surface area contributed by atoms with Gasteiger partial charge in [-0.3, -0.25) is 14.5 Å². The van der Waals surface area contributed by atoms with E-state index in [1.54, 1.807) is 23.0 Å². The SMILES string of the molecule is Cn1cc(-c2ccnc3c2C(=O)N(CCC2CCN(CC(O)(CN/C=C\N)c4ccc(F)cc4F)CC2)C3)c(-c2ccc(F)cc2)n1. The van der Waals surface area contributed by atoms with Gasteiger partial charge in [0.25, 0.3) is 5.91 Å². The average molecular weight is 646 g/mol. The Morgan fingerprint density at radius 3 is 2.53 bits per heavy atom. The number of likely N-dealkylation sites (tertiary alicyclic amines) is 1. The van der Waals surface area contributed by atoms with Gasteiger partial charge in [-0.1, -0.05) is 6.07 Å². The van der Waals surface area contributed by atoms with Gasteiger partial charge in [-0.05, 0) is 74.7 Å². The summed E-state index contributed by atoms with van der Waals surface area (Å²) < 4.78 is 43.6. The summed E-state index contributed by atoms with van der Waals surface area (Å²) >= 11 is 0. The van der Waals surface area contributed by atoms with Gasteiger partial charge in [0.05, 0.1) is 17.8 Å². The summed E-state index contributed by atoms with van der Waals surface area (Å²) in [7, 11) is 1.81. The lowest BCUT2D eigenvalue weighted by Crippen LogP contribution is -2.49. The minimum atomic E-state index is -1.60. The molecule has 1 fully saturated rings. The van der Waals surface area contributed by atoms with Gasteiger partial charge in [0.1, 0.15) is 28.7 Å². The van der Waals surface area contributed by atoms with E-state index in [2.05, 4.69) is 20.3 Å². The molecule has 246 valence electrons. The number of piperidine rings is 1. The van der Waals surface area contributed by atoms with Crippen LogP contribution in [0.5, 0.6) is 0 Å². The number of β-amino-alcohol motifs (C(OH)–C–C–N with tert-alkyl or cyclic N) is 1. The third-order valence-corrected chi connectivity index (χ3v) is 9.15. The summed E-state index contributed by atoms with van der Waals surface area (Å²) in [4.78, 5) is 22.2. The molecule has 4 N–H and O–H groups in total. The summed E-state index contributed by atoms with van der Waals surface area (Å²) in [5, 5.41) is 19.1. The molecule has 1 atom stereocenters. The third kappa shape index (κ3) is 6.89. The molecule has 0 spiro atoms. The van der Waals surface area contributed by atoms with Crippen molar-refractivity contribution in [1.82, 2.24) is 29.9 Å². The van der Waals surface area contributed by atoms with Gasteiger partial charge >= 0.3 is 0 Å². The Morgan fingerprint density at radius 1 is 1.06 bits per heavy atom.